The first kappa shape index (κ1) is 21.7. The van der Waals surface area contributed by atoms with Crippen LogP contribution in [0, 0.1) is 0 Å². The maximum atomic E-state index is 12.1. The highest BCUT2D eigenvalue weighted by Gasteiger charge is 2.17. The van der Waals surface area contributed by atoms with E-state index in [1.165, 1.54) is 23.2 Å². The van der Waals surface area contributed by atoms with Crippen LogP contribution < -0.4 is 20.3 Å². The van der Waals surface area contributed by atoms with Crippen molar-refractivity contribution in [1.82, 2.24) is 10.6 Å². The SMILES string of the molecule is CCCN1CCCc2cc(CCNC(=O)C(=O)NCc3ccc(OC)cc3)ccc21. The first-order chi connectivity index (χ1) is 14.6. The summed E-state index contributed by atoms with van der Waals surface area (Å²) >= 11 is 0. The van der Waals surface area contributed by atoms with E-state index in [1.807, 2.05) is 24.3 Å². The van der Waals surface area contributed by atoms with Crippen LogP contribution in [0.25, 0.3) is 0 Å². The molecule has 0 saturated carbocycles. The number of amides is 2. The van der Waals surface area contributed by atoms with E-state index < -0.39 is 11.8 Å². The number of nitrogens with one attached hydrogen (secondary N) is 2. The molecule has 2 N–H and O–H groups in total. The molecule has 0 aliphatic carbocycles. The van der Waals surface area contributed by atoms with E-state index in [4.69, 9.17) is 4.74 Å². The molecule has 0 spiro atoms. The number of ether oxygens (including phenoxy) is 1. The fourth-order valence-electron chi connectivity index (χ4n) is 3.79. The Kier molecular flexibility index (Phi) is 7.71. The maximum absolute atomic E-state index is 12.1. The Balaban J connectivity index is 1.44. The molecule has 1 heterocycles. The number of carbonyl (C=O) groups is 2. The van der Waals surface area contributed by atoms with E-state index in [1.54, 1.807) is 7.11 Å². The van der Waals surface area contributed by atoms with E-state index in [0.29, 0.717) is 19.5 Å². The van der Waals surface area contributed by atoms with Crippen LogP contribution in [-0.4, -0.2) is 38.6 Å². The Morgan fingerprint density at radius 3 is 2.50 bits per heavy atom. The van der Waals surface area contributed by atoms with Gasteiger partial charge in [-0.15, -0.1) is 0 Å². The predicted octanol–water partition coefficient (Wildman–Crippen LogP) is 2.83. The van der Waals surface area contributed by atoms with Gasteiger partial charge in [-0.3, -0.25) is 9.59 Å². The number of carbonyl (C=O) groups excluding carboxylic acids is 2. The zero-order chi connectivity index (χ0) is 21.3. The molecule has 0 radical (unpaired) electrons. The Morgan fingerprint density at radius 2 is 1.77 bits per heavy atom. The Morgan fingerprint density at radius 1 is 1.03 bits per heavy atom. The van der Waals surface area contributed by atoms with Gasteiger partial charge in [0.25, 0.3) is 0 Å². The third-order valence-corrected chi connectivity index (χ3v) is 5.37. The number of rotatable bonds is 8. The number of anilines is 1. The topological polar surface area (TPSA) is 70.7 Å². The molecule has 1 aliphatic rings. The molecule has 2 aromatic rings. The summed E-state index contributed by atoms with van der Waals surface area (Å²) in [7, 11) is 1.60. The van der Waals surface area contributed by atoms with E-state index in [-0.39, 0.29) is 0 Å². The van der Waals surface area contributed by atoms with Gasteiger partial charge in [0.2, 0.25) is 0 Å². The van der Waals surface area contributed by atoms with E-state index in [9.17, 15) is 9.59 Å². The van der Waals surface area contributed by atoms with E-state index in [0.717, 1.165) is 37.2 Å². The number of hydrogen-bond acceptors (Lipinski definition) is 4. The van der Waals surface area contributed by atoms with Crippen LogP contribution in [-0.2, 0) is 29.0 Å². The van der Waals surface area contributed by atoms with Crippen LogP contribution in [0.15, 0.2) is 42.5 Å². The number of hydrogen-bond donors (Lipinski definition) is 2. The molecule has 30 heavy (non-hydrogen) atoms. The molecule has 0 saturated heterocycles. The van der Waals surface area contributed by atoms with Gasteiger partial charge in [-0.2, -0.15) is 0 Å². The molecule has 2 amide bonds. The van der Waals surface area contributed by atoms with Gasteiger partial charge in [-0.1, -0.05) is 31.2 Å². The molecule has 0 aromatic heterocycles. The third kappa shape index (κ3) is 5.75. The summed E-state index contributed by atoms with van der Waals surface area (Å²) in [4.78, 5) is 26.5. The lowest BCUT2D eigenvalue weighted by Crippen LogP contribution is -2.40. The van der Waals surface area contributed by atoms with Gasteiger partial charge >= 0.3 is 11.8 Å². The number of benzene rings is 2. The average molecular weight is 410 g/mol. The van der Waals surface area contributed by atoms with Gasteiger partial charge in [0.05, 0.1) is 7.11 Å². The predicted molar refractivity (Wildman–Crippen MR) is 119 cm³/mol. The highest BCUT2D eigenvalue weighted by Crippen LogP contribution is 2.28. The smallest absolute Gasteiger partial charge is 0.309 e. The molecule has 0 unspecified atom stereocenters. The molecular formula is C24H31N3O3. The molecule has 0 fully saturated rings. The summed E-state index contributed by atoms with van der Waals surface area (Å²) in [6.45, 7) is 5.16. The third-order valence-electron chi connectivity index (χ3n) is 5.37. The van der Waals surface area contributed by atoms with E-state index in [2.05, 4.69) is 40.7 Å². The van der Waals surface area contributed by atoms with Gasteiger partial charge in [0, 0.05) is 31.9 Å². The van der Waals surface area contributed by atoms with Crippen LogP contribution >= 0.6 is 0 Å². The zero-order valence-corrected chi connectivity index (χ0v) is 17.9. The van der Waals surface area contributed by atoms with Crippen molar-refractivity contribution >= 4 is 17.5 Å². The van der Waals surface area contributed by atoms with Crippen molar-refractivity contribution in [2.75, 3.05) is 31.6 Å². The second-order valence-electron chi connectivity index (χ2n) is 7.59. The van der Waals surface area contributed by atoms with Crippen molar-refractivity contribution in [3.05, 3.63) is 59.2 Å². The van der Waals surface area contributed by atoms with Crippen molar-refractivity contribution in [2.45, 2.75) is 39.2 Å². The Labute approximate surface area is 178 Å². The first-order valence-electron chi connectivity index (χ1n) is 10.7. The van der Waals surface area contributed by atoms with Crippen LogP contribution in [0.4, 0.5) is 5.69 Å². The van der Waals surface area contributed by atoms with Gasteiger partial charge in [-0.25, -0.2) is 0 Å². The summed E-state index contributed by atoms with van der Waals surface area (Å²) in [6.07, 6.45) is 4.14. The van der Waals surface area contributed by atoms with Crippen LogP contribution in [0.2, 0.25) is 0 Å². The van der Waals surface area contributed by atoms with Gasteiger partial charge in [-0.05, 0) is 60.6 Å². The second-order valence-corrected chi connectivity index (χ2v) is 7.59. The van der Waals surface area contributed by atoms with Crippen molar-refractivity contribution in [2.24, 2.45) is 0 Å². The minimum Gasteiger partial charge on any atom is -0.497 e. The molecule has 1 aliphatic heterocycles. The lowest BCUT2D eigenvalue weighted by atomic mass is 9.98. The van der Waals surface area contributed by atoms with Gasteiger partial charge in [0.15, 0.2) is 0 Å². The summed E-state index contributed by atoms with van der Waals surface area (Å²) in [6, 6.07) is 13.9. The summed E-state index contributed by atoms with van der Waals surface area (Å²) < 4.78 is 5.11. The summed E-state index contributed by atoms with van der Waals surface area (Å²) in [5.74, 6) is -0.467. The largest absolute Gasteiger partial charge is 0.497 e. The fraction of sp³-hybridized carbons (Fsp3) is 0.417. The lowest BCUT2D eigenvalue weighted by molar-refractivity contribution is -0.139. The molecule has 2 aromatic carbocycles. The van der Waals surface area contributed by atoms with Gasteiger partial charge in [0.1, 0.15) is 5.75 Å². The van der Waals surface area contributed by atoms with Crippen LogP contribution in [0.5, 0.6) is 5.75 Å². The van der Waals surface area contributed by atoms with Crippen molar-refractivity contribution < 1.29 is 14.3 Å². The molecular weight excluding hydrogens is 378 g/mol. The van der Waals surface area contributed by atoms with Crippen LogP contribution in [0.1, 0.15) is 36.5 Å². The molecule has 6 nitrogen and oxygen atoms in total. The number of aryl methyl sites for hydroxylation is 1. The Hall–Kier alpha value is -3.02. The highest BCUT2D eigenvalue weighted by atomic mass is 16.5. The van der Waals surface area contributed by atoms with Gasteiger partial charge < -0.3 is 20.3 Å². The zero-order valence-electron chi connectivity index (χ0n) is 17.9. The van der Waals surface area contributed by atoms with Crippen molar-refractivity contribution in [1.29, 1.82) is 0 Å². The van der Waals surface area contributed by atoms with E-state index >= 15 is 0 Å². The number of methoxy groups -OCH3 is 1. The standard InChI is InChI=1S/C24H31N3O3/c1-3-14-27-15-4-5-20-16-18(8-11-22(20)27)12-13-25-23(28)24(29)26-17-19-6-9-21(30-2)10-7-19/h6-11,16H,3-5,12-15,17H2,1-2H3,(H,25,28)(H,26,29). The van der Waals surface area contributed by atoms with Crippen LogP contribution in [0.3, 0.4) is 0 Å². The second kappa shape index (κ2) is 10.7. The normalized spacial score (nSPS) is 12.8. The molecule has 160 valence electrons. The van der Waals surface area contributed by atoms with Crippen molar-refractivity contribution in [3.63, 3.8) is 0 Å². The fourth-order valence-corrected chi connectivity index (χ4v) is 3.79. The number of nitrogens with zero attached hydrogens (tertiary/aromatic N) is 1. The minimum atomic E-state index is -0.619. The molecule has 0 atom stereocenters. The molecule has 0 bridgehead atoms. The maximum Gasteiger partial charge on any atom is 0.309 e. The lowest BCUT2D eigenvalue weighted by Gasteiger charge is -2.31. The first-order valence-corrected chi connectivity index (χ1v) is 10.7. The average Bonchev–Trinajstić information content (AvgIpc) is 2.78. The quantitative estimate of drug-likeness (QED) is 0.658. The Bertz CT molecular complexity index is 864. The summed E-state index contributed by atoms with van der Waals surface area (Å²) in [5, 5.41) is 5.36. The molecule has 6 heteroatoms. The molecule has 3 rings (SSSR count). The van der Waals surface area contributed by atoms with Crippen molar-refractivity contribution in [3.8, 4) is 5.75 Å². The number of fused-ring (bicyclic) bond motifs is 1. The minimum absolute atomic E-state index is 0.301. The monoisotopic (exact) mass is 409 g/mol. The highest BCUT2D eigenvalue weighted by molar-refractivity contribution is 6.35. The summed E-state index contributed by atoms with van der Waals surface area (Å²) in [5.41, 5.74) is 4.82.